The Labute approximate surface area is 186 Å². The van der Waals surface area contributed by atoms with Crippen molar-refractivity contribution in [2.75, 3.05) is 18.5 Å². The third-order valence-corrected chi connectivity index (χ3v) is 6.08. The number of aromatic nitrogens is 1. The second-order valence-corrected chi connectivity index (χ2v) is 8.48. The molecule has 7 heteroatoms. The van der Waals surface area contributed by atoms with Crippen LogP contribution in [-0.4, -0.2) is 35.2 Å². The minimum Gasteiger partial charge on any atom is -0.376 e. The molecule has 31 heavy (non-hydrogen) atoms. The number of para-hydroxylation sites is 1. The van der Waals surface area contributed by atoms with Gasteiger partial charge in [0.15, 0.2) is 0 Å². The van der Waals surface area contributed by atoms with Crippen LogP contribution in [0.2, 0.25) is 5.02 Å². The van der Waals surface area contributed by atoms with Crippen molar-refractivity contribution in [1.82, 2.24) is 9.88 Å². The molecule has 1 fully saturated rings. The van der Waals surface area contributed by atoms with E-state index in [1.807, 2.05) is 32.0 Å². The smallest absolute Gasteiger partial charge is 0.322 e. The molecular formula is C24H26ClN3O3. The van der Waals surface area contributed by atoms with E-state index in [1.54, 1.807) is 23.1 Å². The molecule has 0 radical (unpaired) electrons. The molecule has 1 atom stereocenters. The number of halogens is 1. The first kappa shape index (κ1) is 21.4. The highest BCUT2D eigenvalue weighted by atomic mass is 35.5. The number of benzene rings is 2. The van der Waals surface area contributed by atoms with Gasteiger partial charge in [-0.3, -0.25) is 4.79 Å². The van der Waals surface area contributed by atoms with Gasteiger partial charge in [-0.1, -0.05) is 23.7 Å². The summed E-state index contributed by atoms with van der Waals surface area (Å²) in [4.78, 5) is 30.5. The maximum atomic E-state index is 13.1. The van der Waals surface area contributed by atoms with Crippen LogP contribution in [-0.2, 0) is 11.3 Å². The average molecular weight is 440 g/mol. The molecule has 0 unspecified atom stereocenters. The normalized spacial score (nSPS) is 15.9. The van der Waals surface area contributed by atoms with E-state index < -0.39 is 0 Å². The summed E-state index contributed by atoms with van der Waals surface area (Å²) in [5, 5.41) is 4.27. The number of fused-ring (bicyclic) bond motifs is 1. The molecule has 1 aliphatic heterocycles. The summed E-state index contributed by atoms with van der Waals surface area (Å²) >= 11 is 6.21. The highest BCUT2D eigenvalue weighted by Crippen LogP contribution is 2.23. The fraction of sp³-hybridized carbons (Fsp3) is 0.333. The van der Waals surface area contributed by atoms with Gasteiger partial charge < -0.3 is 19.9 Å². The van der Waals surface area contributed by atoms with Gasteiger partial charge in [0, 0.05) is 24.2 Å². The summed E-state index contributed by atoms with van der Waals surface area (Å²) in [6.45, 7) is 5.33. The van der Waals surface area contributed by atoms with E-state index in [4.69, 9.17) is 16.3 Å². The van der Waals surface area contributed by atoms with Gasteiger partial charge in [0.25, 0.3) is 5.56 Å². The summed E-state index contributed by atoms with van der Waals surface area (Å²) in [6, 6.07) is 12.7. The second-order valence-electron chi connectivity index (χ2n) is 8.07. The van der Waals surface area contributed by atoms with Crippen molar-refractivity contribution in [1.29, 1.82) is 0 Å². The van der Waals surface area contributed by atoms with E-state index in [0.717, 1.165) is 34.9 Å². The summed E-state index contributed by atoms with van der Waals surface area (Å²) in [5.41, 5.74) is 3.93. The Balaban J connectivity index is 1.63. The van der Waals surface area contributed by atoms with Crippen LogP contribution in [0.25, 0.3) is 10.9 Å². The molecule has 1 aliphatic rings. The molecule has 4 rings (SSSR count). The average Bonchev–Trinajstić information content (AvgIpc) is 3.24. The minimum atomic E-state index is -0.316. The number of anilines is 1. The summed E-state index contributed by atoms with van der Waals surface area (Å²) < 4.78 is 5.74. The number of carbonyl (C=O) groups is 1. The van der Waals surface area contributed by atoms with Gasteiger partial charge in [-0.15, -0.1) is 0 Å². The molecule has 2 aromatic carbocycles. The molecule has 0 aliphatic carbocycles. The fourth-order valence-corrected chi connectivity index (χ4v) is 4.04. The number of carbonyl (C=O) groups excluding carboxylic acids is 1. The zero-order valence-corrected chi connectivity index (χ0v) is 18.5. The van der Waals surface area contributed by atoms with Gasteiger partial charge in [-0.05, 0) is 73.5 Å². The number of nitrogens with zero attached hydrogens (tertiary/aromatic N) is 1. The molecule has 0 saturated carbocycles. The maximum Gasteiger partial charge on any atom is 0.322 e. The molecule has 0 bridgehead atoms. The summed E-state index contributed by atoms with van der Waals surface area (Å²) in [7, 11) is 0. The van der Waals surface area contributed by atoms with Crippen molar-refractivity contribution < 1.29 is 9.53 Å². The van der Waals surface area contributed by atoms with Crippen LogP contribution < -0.4 is 10.9 Å². The van der Waals surface area contributed by atoms with Gasteiger partial charge in [0.2, 0.25) is 0 Å². The van der Waals surface area contributed by atoms with Crippen molar-refractivity contribution in [3.63, 3.8) is 0 Å². The largest absolute Gasteiger partial charge is 0.376 e. The van der Waals surface area contributed by atoms with Crippen LogP contribution in [0.5, 0.6) is 0 Å². The number of urea groups is 1. The standard InChI is InChI=1S/C24H26ClN3O3/c1-15-10-17-12-18(23(29)26-22(17)11-16(15)2)13-28(14-19-6-5-9-31-19)24(30)27-21-8-4-3-7-20(21)25/h3-4,7-8,10-12,19H,5-6,9,13-14H2,1-2H3,(H,26,29)(H,27,30)/t19-/m1/s1. The SMILES string of the molecule is Cc1cc2cc(CN(C[C@H]3CCCO3)C(=O)Nc3ccccc3Cl)c(=O)[nH]c2cc1C. The quantitative estimate of drug-likeness (QED) is 0.586. The third kappa shape index (κ3) is 4.92. The van der Waals surface area contributed by atoms with Crippen LogP contribution >= 0.6 is 11.6 Å². The number of H-pyrrole nitrogens is 1. The van der Waals surface area contributed by atoms with E-state index in [0.29, 0.717) is 29.4 Å². The first-order valence-electron chi connectivity index (χ1n) is 10.5. The molecule has 3 aromatic rings. The minimum absolute atomic E-state index is 0.0403. The number of aryl methyl sites for hydroxylation is 2. The van der Waals surface area contributed by atoms with Gasteiger partial charge in [0.05, 0.1) is 23.4 Å². The molecule has 1 aromatic heterocycles. The van der Waals surface area contributed by atoms with E-state index in [1.165, 1.54) is 0 Å². The molecule has 2 N–H and O–H groups in total. The topological polar surface area (TPSA) is 74.4 Å². The maximum absolute atomic E-state index is 13.1. The lowest BCUT2D eigenvalue weighted by Crippen LogP contribution is -2.40. The molecule has 162 valence electrons. The van der Waals surface area contributed by atoms with Crippen molar-refractivity contribution >= 4 is 34.2 Å². The van der Waals surface area contributed by atoms with Crippen LogP contribution in [0.4, 0.5) is 10.5 Å². The van der Waals surface area contributed by atoms with Gasteiger partial charge >= 0.3 is 6.03 Å². The highest BCUT2D eigenvalue weighted by molar-refractivity contribution is 6.33. The Morgan fingerprint density at radius 2 is 2.00 bits per heavy atom. The van der Waals surface area contributed by atoms with Crippen molar-refractivity contribution in [3.8, 4) is 0 Å². The van der Waals surface area contributed by atoms with Gasteiger partial charge in [0.1, 0.15) is 0 Å². The Hall–Kier alpha value is -2.83. The van der Waals surface area contributed by atoms with Crippen molar-refractivity contribution in [2.24, 2.45) is 0 Å². The Morgan fingerprint density at radius 3 is 2.74 bits per heavy atom. The third-order valence-electron chi connectivity index (χ3n) is 5.75. The molecular weight excluding hydrogens is 414 g/mol. The number of hydrogen-bond acceptors (Lipinski definition) is 3. The lowest BCUT2D eigenvalue weighted by molar-refractivity contribution is 0.0818. The first-order chi connectivity index (χ1) is 14.9. The van der Waals surface area contributed by atoms with Crippen LogP contribution in [0.3, 0.4) is 0 Å². The zero-order chi connectivity index (χ0) is 22.0. The molecule has 6 nitrogen and oxygen atoms in total. The van der Waals surface area contributed by atoms with Crippen LogP contribution in [0, 0.1) is 13.8 Å². The number of hydrogen-bond donors (Lipinski definition) is 2. The predicted octanol–water partition coefficient (Wildman–Crippen LogP) is 5.01. The molecule has 1 saturated heterocycles. The van der Waals surface area contributed by atoms with Crippen molar-refractivity contribution in [3.05, 3.63) is 74.5 Å². The monoisotopic (exact) mass is 439 g/mol. The number of amides is 2. The number of aromatic amines is 1. The van der Waals surface area contributed by atoms with Gasteiger partial charge in [-0.25, -0.2) is 4.79 Å². The number of pyridine rings is 1. The number of ether oxygens (including phenoxy) is 1. The Morgan fingerprint density at radius 1 is 1.23 bits per heavy atom. The summed E-state index contributed by atoms with van der Waals surface area (Å²) in [5.74, 6) is 0. The molecule has 2 heterocycles. The summed E-state index contributed by atoms with van der Waals surface area (Å²) in [6.07, 6.45) is 1.82. The molecule has 2 amide bonds. The van der Waals surface area contributed by atoms with E-state index in [2.05, 4.69) is 16.4 Å². The fourth-order valence-electron chi connectivity index (χ4n) is 3.86. The zero-order valence-electron chi connectivity index (χ0n) is 17.7. The van der Waals surface area contributed by atoms with E-state index in [-0.39, 0.29) is 24.2 Å². The van der Waals surface area contributed by atoms with E-state index in [9.17, 15) is 9.59 Å². The molecule has 0 spiro atoms. The second kappa shape index (κ2) is 9.12. The predicted molar refractivity (Wildman–Crippen MR) is 124 cm³/mol. The number of nitrogens with one attached hydrogen (secondary N) is 2. The lowest BCUT2D eigenvalue weighted by atomic mass is 10.0. The van der Waals surface area contributed by atoms with E-state index >= 15 is 0 Å². The number of rotatable bonds is 5. The van der Waals surface area contributed by atoms with Crippen molar-refractivity contribution in [2.45, 2.75) is 39.3 Å². The Bertz CT molecular complexity index is 1170. The first-order valence-corrected chi connectivity index (χ1v) is 10.8. The van der Waals surface area contributed by atoms with Gasteiger partial charge in [-0.2, -0.15) is 0 Å². The van der Waals surface area contributed by atoms with Crippen LogP contribution in [0.1, 0.15) is 29.5 Å². The van der Waals surface area contributed by atoms with Crippen LogP contribution in [0.15, 0.2) is 47.3 Å². The highest BCUT2D eigenvalue weighted by Gasteiger charge is 2.24. The lowest BCUT2D eigenvalue weighted by Gasteiger charge is -2.26. The Kier molecular flexibility index (Phi) is 6.30.